The van der Waals surface area contributed by atoms with Crippen LogP contribution in [0, 0.1) is 23.7 Å². The third-order valence-corrected chi connectivity index (χ3v) is 6.40. The zero-order valence-corrected chi connectivity index (χ0v) is 14.9. The summed E-state index contributed by atoms with van der Waals surface area (Å²) in [7, 11) is 0. The SMILES string of the molecule is O=C1[C@H]2[C@H]3CC[C@@H](C3)[C@@H]2C(=O)N1c1ccc(Oc2ccccc2Cl)cc1. The third kappa shape index (κ3) is 2.28. The molecule has 1 aliphatic heterocycles. The van der Waals surface area contributed by atoms with Gasteiger partial charge < -0.3 is 4.74 Å². The minimum Gasteiger partial charge on any atom is -0.456 e. The highest BCUT2D eigenvalue weighted by atomic mass is 35.5. The van der Waals surface area contributed by atoms with Gasteiger partial charge in [0.25, 0.3) is 0 Å². The van der Waals surface area contributed by atoms with Crippen LogP contribution in [0.3, 0.4) is 0 Å². The van der Waals surface area contributed by atoms with Crippen molar-refractivity contribution in [1.29, 1.82) is 0 Å². The molecule has 3 aliphatic rings. The quantitative estimate of drug-likeness (QED) is 0.741. The van der Waals surface area contributed by atoms with Crippen LogP contribution in [0.1, 0.15) is 19.3 Å². The maximum Gasteiger partial charge on any atom is 0.237 e. The number of hydrogen-bond donors (Lipinski definition) is 0. The summed E-state index contributed by atoms with van der Waals surface area (Å²) in [5, 5.41) is 0.532. The molecule has 132 valence electrons. The molecule has 0 unspecified atom stereocenters. The second kappa shape index (κ2) is 5.85. The van der Waals surface area contributed by atoms with Crippen LogP contribution in [-0.4, -0.2) is 11.8 Å². The summed E-state index contributed by atoms with van der Waals surface area (Å²) in [6.45, 7) is 0. The number of imide groups is 1. The van der Waals surface area contributed by atoms with E-state index in [0.29, 0.717) is 34.0 Å². The van der Waals surface area contributed by atoms with Gasteiger partial charge in [-0.05, 0) is 67.5 Å². The van der Waals surface area contributed by atoms with Gasteiger partial charge in [0.2, 0.25) is 11.8 Å². The summed E-state index contributed by atoms with van der Waals surface area (Å²) in [6.07, 6.45) is 3.22. The van der Waals surface area contributed by atoms with Gasteiger partial charge in [-0.2, -0.15) is 0 Å². The number of halogens is 1. The minimum absolute atomic E-state index is 0.0213. The van der Waals surface area contributed by atoms with Crippen LogP contribution >= 0.6 is 11.6 Å². The molecular weight excluding hydrogens is 350 g/mol. The predicted molar refractivity (Wildman–Crippen MR) is 98.3 cm³/mol. The van der Waals surface area contributed by atoms with Crippen LogP contribution in [0.15, 0.2) is 48.5 Å². The Kier molecular flexibility index (Phi) is 3.57. The van der Waals surface area contributed by atoms with E-state index in [1.54, 1.807) is 36.4 Å². The summed E-state index contributed by atoms with van der Waals surface area (Å²) in [5.74, 6) is 1.74. The average Bonchev–Trinajstić information content (AvgIpc) is 3.32. The van der Waals surface area contributed by atoms with E-state index in [4.69, 9.17) is 16.3 Å². The van der Waals surface area contributed by atoms with Crippen molar-refractivity contribution in [3.05, 3.63) is 53.6 Å². The van der Waals surface area contributed by atoms with Crippen LogP contribution in [-0.2, 0) is 9.59 Å². The Morgan fingerprint density at radius 3 is 2.12 bits per heavy atom. The average molecular weight is 368 g/mol. The van der Waals surface area contributed by atoms with Gasteiger partial charge in [-0.3, -0.25) is 14.5 Å². The molecule has 2 saturated carbocycles. The van der Waals surface area contributed by atoms with Gasteiger partial charge in [0.1, 0.15) is 11.5 Å². The highest BCUT2D eigenvalue weighted by Crippen LogP contribution is 2.56. The van der Waals surface area contributed by atoms with Crippen LogP contribution in [0.25, 0.3) is 0 Å². The van der Waals surface area contributed by atoms with Crippen LogP contribution in [0.4, 0.5) is 5.69 Å². The summed E-state index contributed by atoms with van der Waals surface area (Å²) in [4.78, 5) is 27.1. The molecule has 2 aromatic carbocycles. The second-order valence-electron chi connectivity index (χ2n) is 7.42. The summed E-state index contributed by atoms with van der Waals surface area (Å²) in [5.41, 5.74) is 0.625. The molecule has 2 amide bonds. The van der Waals surface area contributed by atoms with Crippen LogP contribution in [0.5, 0.6) is 11.5 Å². The maximum absolute atomic E-state index is 12.9. The molecule has 5 rings (SSSR count). The predicted octanol–water partition coefficient (Wildman–Crippen LogP) is 4.67. The van der Waals surface area contributed by atoms with Gasteiger partial charge in [-0.25, -0.2) is 0 Å². The fraction of sp³-hybridized carbons (Fsp3) is 0.333. The van der Waals surface area contributed by atoms with Crippen molar-refractivity contribution in [1.82, 2.24) is 0 Å². The fourth-order valence-corrected chi connectivity index (χ4v) is 5.16. The molecule has 0 N–H and O–H groups in total. The van der Waals surface area contributed by atoms with E-state index in [-0.39, 0.29) is 23.7 Å². The molecule has 1 saturated heterocycles. The van der Waals surface area contributed by atoms with E-state index in [0.717, 1.165) is 19.3 Å². The number of carbonyl (C=O) groups is 2. The third-order valence-electron chi connectivity index (χ3n) is 6.09. The maximum atomic E-state index is 12.9. The number of benzene rings is 2. The van der Waals surface area contributed by atoms with E-state index < -0.39 is 0 Å². The lowest BCUT2D eigenvalue weighted by Crippen LogP contribution is -2.32. The molecule has 0 radical (unpaired) electrons. The lowest BCUT2D eigenvalue weighted by molar-refractivity contribution is -0.123. The molecular formula is C21H18ClNO3. The van der Waals surface area contributed by atoms with Crippen molar-refractivity contribution in [2.45, 2.75) is 19.3 Å². The number of rotatable bonds is 3. The molecule has 1 heterocycles. The molecule has 2 aromatic rings. The highest BCUT2D eigenvalue weighted by Gasteiger charge is 2.61. The molecule has 4 nitrogen and oxygen atoms in total. The van der Waals surface area contributed by atoms with Gasteiger partial charge in [-0.1, -0.05) is 23.7 Å². The Morgan fingerprint density at radius 1 is 0.885 bits per heavy atom. The monoisotopic (exact) mass is 367 g/mol. The number of anilines is 1. The normalized spacial score (nSPS) is 29.3. The summed E-state index contributed by atoms with van der Waals surface area (Å²) >= 11 is 6.11. The lowest BCUT2D eigenvalue weighted by Gasteiger charge is -2.19. The number of carbonyl (C=O) groups excluding carboxylic acids is 2. The summed E-state index contributed by atoms with van der Waals surface area (Å²) in [6, 6.07) is 14.3. The van der Waals surface area contributed by atoms with E-state index in [9.17, 15) is 9.59 Å². The molecule has 0 spiro atoms. The van der Waals surface area contributed by atoms with Gasteiger partial charge >= 0.3 is 0 Å². The first-order valence-corrected chi connectivity index (χ1v) is 9.41. The molecule has 4 atom stereocenters. The first-order chi connectivity index (χ1) is 12.6. The first kappa shape index (κ1) is 15.9. The molecule has 3 fully saturated rings. The Bertz CT molecular complexity index is 866. The van der Waals surface area contributed by atoms with Gasteiger partial charge in [0.05, 0.1) is 22.5 Å². The highest BCUT2D eigenvalue weighted by molar-refractivity contribution is 6.32. The molecule has 0 aromatic heterocycles. The van der Waals surface area contributed by atoms with Gasteiger partial charge in [-0.15, -0.1) is 0 Å². The molecule has 5 heteroatoms. The van der Waals surface area contributed by atoms with Crippen molar-refractivity contribution in [2.75, 3.05) is 4.90 Å². The van der Waals surface area contributed by atoms with Crippen molar-refractivity contribution >= 4 is 29.1 Å². The van der Waals surface area contributed by atoms with Gasteiger partial charge in [0, 0.05) is 0 Å². The number of fused-ring (bicyclic) bond motifs is 5. The standard InChI is InChI=1S/C21H18ClNO3/c22-16-3-1-2-4-17(16)26-15-9-7-14(8-10-15)23-20(24)18-12-5-6-13(11-12)19(18)21(23)25/h1-4,7-10,12-13,18-19H,5-6,11H2/t12-,13-,18-,19-/m0/s1. The van der Waals surface area contributed by atoms with Crippen molar-refractivity contribution in [2.24, 2.45) is 23.7 Å². The van der Waals surface area contributed by atoms with Gasteiger partial charge in [0.15, 0.2) is 0 Å². The Balaban J connectivity index is 1.39. The molecule has 2 aliphatic carbocycles. The zero-order valence-electron chi connectivity index (χ0n) is 14.1. The minimum atomic E-state index is -0.0969. The topological polar surface area (TPSA) is 46.6 Å². The first-order valence-electron chi connectivity index (χ1n) is 9.04. The lowest BCUT2D eigenvalue weighted by atomic mass is 9.81. The molecule has 2 bridgehead atoms. The summed E-state index contributed by atoms with van der Waals surface area (Å²) < 4.78 is 5.78. The smallest absolute Gasteiger partial charge is 0.237 e. The number of hydrogen-bond acceptors (Lipinski definition) is 3. The van der Waals surface area contributed by atoms with Crippen molar-refractivity contribution in [3.8, 4) is 11.5 Å². The Hall–Kier alpha value is -2.33. The van der Waals surface area contributed by atoms with E-state index in [1.807, 2.05) is 12.1 Å². The van der Waals surface area contributed by atoms with E-state index >= 15 is 0 Å². The van der Waals surface area contributed by atoms with Crippen LogP contribution in [0.2, 0.25) is 5.02 Å². The fourth-order valence-electron chi connectivity index (χ4n) is 4.98. The van der Waals surface area contributed by atoms with Crippen molar-refractivity contribution in [3.63, 3.8) is 0 Å². The molecule has 26 heavy (non-hydrogen) atoms. The second-order valence-corrected chi connectivity index (χ2v) is 7.83. The Morgan fingerprint density at radius 2 is 1.50 bits per heavy atom. The Labute approximate surface area is 156 Å². The van der Waals surface area contributed by atoms with Crippen LogP contribution < -0.4 is 9.64 Å². The zero-order chi connectivity index (χ0) is 17.8. The number of ether oxygens (including phenoxy) is 1. The number of amides is 2. The number of nitrogens with zero attached hydrogens (tertiary/aromatic N) is 1. The number of para-hydroxylation sites is 1. The van der Waals surface area contributed by atoms with Crippen molar-refractivity contribution < 1.29 is 14.3 Å². The largest absolute Gasteiger partial charge is 0.456 e. The van der Waals surface area contributed by atoms with E-state index in [1.165, 1.54) is 4.90 Å². The van der Waals surface area contributed by atoms with E-state index in [2.05, 4.69) is 0 Å².